The Labute approximate surface area is 103 Å². The molecule has 0 spiro atoms. The van der Waals surface area contributed by atoms with E-state index >= 15 is 0 Å². The third-order valence-corrected chi connectivity index (χ3v) is 3.47. The fraction of sp³-hybridized carbons (Fsp3) is 0.615. The minimum Gasteiger partial charge on any atom is -0.380 e. The fourth-order valence-corrected chi connectivity index (χ4v) is 2.54. The number of ether oxygens (including phenoxy) is 1. The third kappa shape index (κ3) is 2.83. The Kier molecular flexibility index (Phi) is 4.10. The number of nitrogens with two attached hydrogens (primary N) is 1. The minimum atomic E-state index is 0.0861. The molecule has 0 saturated carbocycles. The van der Waals surface area contributed by atoms with E-state index in [0.717, 1.165) is 19.6 Å². The molecular formula is C13H21N3O. The number of rotatable bonds is 4. The Morgan fingerprint density at radius 2 is 2.18 bits per heavy atom. The van der Waals surface area contributed by atoms with Crippen molar-refractivity contribution >= 4 is 0 Å². The van der Waals surface area contributed by atoms with Crippen LogP contribution in [0, 0.1) is 0 Å². The van der Waals surface area contributed by atoms with Crippen molar-refractivity contribution in [3.8, 4) is 0 Å². The van der Waals surface area contributed by atoms with Crippen molar-refractivity contribution in [2.45, 2.75) is 31.5 Å². The van der Waals surface area contributed by atoms with E-state index in [9.17, 15) is 0 Å². The molecule has 3 unspecified atom stereocenters. The van der Waals surface area contributed by atoms with Crippen LogP contribution >= 0.6 is 0 Å². The van der Waals surface area contributed by atoms with Crippen molar-refractivity contribution < 1.29 is 4.74 Å². The normalized spacial score (nSPS) is 23.9. The lowest BCUT2D eigenvalue weighted by Crippen LogP contribution is -2.43. The number of pyridine rings is 1. The Bertz CT molecular complexity index is 336. The van der Waals surface area contributed by atoms with E-state index in [1.54, 1.807) is 0 Å². The first-order valence-corrected chi connectivity index (χ1v) is 6.15. The van der Waals surface area contributed by atoms with E-state index in [1.165, 1.54) is 5.56 Å². The summed E-state index contributed by atoms with van der Waals surface area (Å²) >= 11 is 0. The summed E-state index contributed by atoms with van der Waals surface area (Å²) in [6, 6.07) is 4.87. The van der Waals surface area contributed by atoms with Gasteiger partial charge in [0.1, 0.15) is 0 Å². The second-order valence-electron chi connectivity index (χ2n) is 4.77. The summed E-state index contributed by atoms with van der Waals surface area (Å²) in [5.41, 5.74) is 7.36. The van der Waals surface area contributed by atoms with Crippen LogP contribution in [0.2, 0.25) is 0 Å². The van der Waals surface area contributed by atoms with Gasteiger partial charge in [-0.2, -0.15) is 0 Å². The predicted molar refractivity (Wildman–Crippen MR) is 67.6 cm³/mol. The number of aromatic nitrogens is 1. The summed E-state index contributed by atoms with van der Waals surface area (Å²) in [5, 5.41) is 0. The largest absolute Gasteiger partial charge is 0.380 e. The summed E-state index contributed by atoms with van der Waals surface area (Å²) in [6.45, 7) is 3.72. The van der Waals surface area contributed by atoms with Crippen molar-refractivity contribution in [2.75, 3.05) is 20.3 Å². The van der Waals surface area contributed by atoms with Crippen LogP contribution in [0.5, 0.6) is 0 Å². The number of nitrogens with zero attached hydrogens (tertiary/aromatic N) is 2. The molecule has 0 aliphatic carbocycles. The van der Waals surface area contributed by atoms with Gasteiger partial charge in [-0.25, -0.2) is 0 Å². The monoisotopic (exact) mass is 235 g/mol. The molecule has 17 heavy (non-hydrogen) atoms. The van der Waals surface area contributed by atoms with Gasteiger partial charge in [0.25, 0.3) is 0 Å². The first-order chi connectivity index (χ1) is 8.20. The van der Waals surface area contributed by atoms with Gasteiger partial charge in [-0.15, -0.1) is 0 Å². The zero-order valence-corrected chi connectivity index (χ0v) is 10.5. The van der Waals surface area contributed by atoms with Gasteiger partial charge in [0, 0.05) is 37.1 Å². The van der Waals surface area contributed by atoms with E-state index < -0.39 is 0 Å². The van der Waals surface area contributed by atoms with Gasteiger partial charge in [0.05, 0.1) is 6.61 Å². The zero-order chi connectivity index (χ0) is 12.3. The highest BCUT2D eigenvalue weighted by Crippen LogP contribution is 2.26. The molecule has 0 aromatic carbocycles. The van der Waals surface area contributed by atoms with Gasteiger partial charge < -0.3 is 10.5 Å². The standard InChI is InChI=1S/C13H21N3O/c1-10(14)13(11-3-6-15-7-4-11)16(2)12-5-8-17-9-12/h3-4,6-7,10,12-13H,5,8-9,14H2,1-2H3. The molecule has 1 aromatic rings. The topological polar surface area (TPSA) is 51.4 Å². The summed E-state index contributed by atoms with van der Waals surface area (Å²) < 4.78 is 5.45. The van der Waals surface area contributed by atoms with Gasteiger partial charge in [-0.3, -0.25) is 9.88 Å². The third-order valence-electron chi connectivity index (χ3n) is 3.47. The molecule has 1 fully saturated rings. The van der Waals surface area contributed by atoms with Crippen molar-refractivity contribution in [1.82, 2.24) is 9.88 Å². The average molecular weight is 235 g/mol. The molecule has 4 nitrogen and oxygen atoms in total. The summed E-state index contributed by atoms with van der Waals surface area (Å²) in [6.07, 6.45) is 4.73. The maximum atomic E-state index is 6.13. The summed E-state index contributed by atoms with van der Waals surface area (Å²) in [7, 11) is 2.13. The average Bonchev–Trinajstić information content (AvgIpc) is 2.83. The fourth-order valence-electron chi connectivity index (χ4n) is 2.54. The van der Waals surface area contributed by atoms with Gasteiger partial charge in [-0.1, -0.05) is 0 Å². The van der Waals surface area contributed by atoms with Crippen molar-refractivity contribution in [3.63, 3.8) is 0 Å². The molecule has 94 valence electrons. The molecule has 1 saturated heterocycles. The number of hydrogen-bond acceptors (Lipinski definition) is 4. The Morgan fingerprint density at radius 1 is 1.47 bits per heavy atom. The molecule has 0 bridgehead atoms. The summed E-state index contributed by atoms with van der Waals surface area (Å²) in [5.74, 6) is 0. The van der Waals surface area contributed by atoms with Gasteiger partial charge in [0.2, 0.25) is 0 Å². The van der Waals surface area contributed by atoms with Crippen LogP contribution < -0.4 is 5.73 Å². The smallest absolute Gasteiger partial charge is 0.0622 e. The van der Waals surface area contributed by atoms with Crippen LogP contribution in [0.1, 0.15) is 24.9 Å². The highest BCUT2D eigenvalue weighted by molar-refractivity contribution is 5.17. The maximum absolute atomic E-state index is 6.13. The van der Waals surface area contributed by atoms with Crippen molar-refractivity contribution in [3.05, 3.63) is 30.1 Å². The van der Waals surface area contributed by atoms with E-state index in [-0.39, 0.29) is 12.1 Å². The lowest BCUT2D eigenvalue weighted by molar-refractivity contribution is 0.123. The van der Waals surface area contributed by atoms with E-state index in [2.05, 4.69) is 23.9 Å². The molecule has 2 N–H and O–H groups in total. The van der Waals surface area contributed by atoms with Gasteiger partial charge in [0.15, 0.2) is 0 Å². The second kappa shape index (κ2) is 5.58. The number of hydrogen-bond donors (Lipinski definition) is 1. The predicted octanol–water partition coefficient (Wildman–Crippen LogP) is 1.19. The van der Waals surface area contributed by atoms with E-state index in [0.29, 0.717) is 6.04 Å². The molecule has 1 aliphatic rings. The van der Waals surface area contributed by atoms with Crippen molar-refractivity contribution in [2.24, 2.45) is 5.73 Å². The highest BCUT2D eigenvalue weighted by Gasteiger charge is 2.29. The molecule has 1 aliphatic heterocycles. The van der Waals surface area contributed by atoms with Gasteiger partial charge in [-0.05, 0) is 38.1 Å². The Hall–Kier alpha value is -0.970. The highest BCUT2D eigenvalue weighted by atomic mass is 16.5. The molecule has 0 radical (unpaired) electrons. The minimum absolute atomic E-state index is 0.0861. The lowest BCUT2D eigenvalue weighted by atomic mass is 9.99. The molecule has 4 heteroatoms. The van der Waals surface area contributed by atoms with E-state index in [4.69, 9.17) is 10.5 Å². The van der Waals surface area contributed by atoms with Gasteiger partial charge >= 0.3 is 0 Å². The second-order valence-corrected chi connectivity index (χ2v) is 4.77. The molecule has 3 atom stereocenters. The molecule has 0 amide bonds. The van der Waals surface area contributed by atoms with Crippen LogP contribution in [0.15, 0.2) is 24.5 Å². The molecule has 1 aromatic heterocycles. The van der Waals surface area contributed by atoms with Crippen LogP contribution in [0.3, 0.4) is 0 Å². The quantitative estimate of drug-likeness (QED) is 0.851. The lowest BCUT2D eigenvalue weighted by Gasteiger charge is -2.35. The van der Waals surface area contributed by atoms with Crippen molar-refractivity contribution in [1.29, 1.82) is 0 Å². The van der Waals surface area contributed by atoms with Crippen LogP contribution in [-0.4, -0.2) is 42.2 Å². The maximum Gasteiger partial charge on any atom is 0.0622 e. The SMILES string of the molecule is CC(N)C(c1ccncc1)N(C)C1CCOC1. The number of likely N-dealkylation sites (N-methyl/N-ethyl adjacent to an activating group) is 1. The Morgan fingerprint density at radius 3 is 2.71 bits per heavy atom. The van der Waals surface area contributed by atoms with E-state index in [1.807, 2.05) is 24.5 Å². The van der Waals surface area contributed by atoms with Crippen LogP contribution in [0.4, 0.5) is 0 Å². The molecule has 2 heterocycles. The van der Waals surface area contributed by atoms with Crippen LogP contribution in [0.25, 0.3) is 0 Å². The Balaban J connectivity index is 2.17. The molecule has 2 rings (SSSR count). The first kappa shape index (κ1) is 12.5. The first-order valence-electron chi connectivity index (χ1n) is 6.15. The summed E-state index contributed by atoms with van der Waals surface area (Å²) in [4.78, 5) is 6.40. The van der Waals surface area contributed by atoms with Crippen LogP contribution in [-0.2, 0) is 4.74 Å². The molecular weight excluding hydrogens is 214 g/mol. The zero-order valence-electron chi connectivity index (χ0n) is 10.5.